The quantitative estimate of drug-likeness (QED) is 0.704. The van der Waals surface area contributed by atoms with Gasteiger partial charge in [-0.15, -0.1) is 11.3 Å². The Morgan fingerprint density at radius 2 is 2.28 bits per heavy atom. The lowest BCUT2D eigenvalue weighted by atomic mass is 10.1. The lowest BCUT2D eigenvalue weighted by Gasteiger charge is -2.24. The molecule has 0 aromatic carbocycles. The molecule has 2 N–H and O–H groups in total. The third kappa shape index (κ3) is 7.98. The Kier molecular flexibility index (Phi) is 8.37. The fourth-order valence-corrected chi connectivity index (χ4v) is 3.52. The first-order valence-electron chi connectivity index (χ1n) is 8.97. The van der Waals surface area contributed by atoms with E-state index in [0.717, 1.165) is 25.9 Å². The number of urea groups is 1. The predicted octanol–water partition coefficient (Wildman–Crippen LogP) is 2.60. The van der Waals surface area contributed by atoms with Crippen molar-refractivity contribution in [2.75, 3.05) is 26.2 Å². The van der Waals surface area contributed by atoms with Gasteiger partial charge in [-0.05, 0) is 36.6 Å². The van der Waals surface area contributed by atoms with Crippen LogP contribution in [0.25, 0.3) is 0 Å². The molecule has 1 aromatic heterocycles. The molecule has 3 amide bonds. The van der Waals surface area contributed by atoms with Crippen LogP contribution in [0.3, 0.4) is 0 Å². The van der Waals surface area contributed by atoms with Crippen LogP contribution in [0.15, 0.2) is 17.5 Å². The third-order valence-electron chi connectivity index (χ3n) is 4.07. The zero-order valence-corrected chi connectivity index (χ0v) is 15.9. The Hall–Kier alpha value is -1.44. The molecule has 6 nitrogen and oxygen atoms in total. The first-order valence-corrected chi connectivity index (χ1v) is 9.85. The van der Waals surface area contributed by atoms with Crippen molar-refractivity contribution in [2.24, 2.45) is 5.92 Å². The zero-order valence-electron chi connectivity index (χ0n) is 15.1. The molecule has 7 heteroatoms. The number of hydrogen-bond acceptors (Lipinski definition) is 5. The lowest BCUT2D eigenvalue weighted by Crippen LogP contribution is -2.46. The fraction of sp³-hybridized carbons (Fsp3) is 0.667. The van der Waals surface area contributed by atoms with E-state index in [-0.39, 0.29) is 18.6 Å². The molecular weight excluding hydrogens is 338 g/mol. The number of amides is 3. The van der Waals surface area contributed by atoms with Crippen LogP contribution >= 0.6 is 11.3 Å². The molecule has 1 atom stereocenters. The van der Waals surface area contributed by atoms with Crippen molar-refractivity contribution in [1.82, 2.24) is 15.5 Å². The molecule has 0 radical (unpaired) electrons. The minimum absolute atomic E-state index is 0.174. The summed E-state index contributed by atoms with van der Waals surface area (Å²) in [6, 6.07) is 3.65. The van der Waals surface area contributed by atoms with Crippen LogP contribution < -0.4 is 10.6 Å². The number of carbonyl (C=O) groups excluding carboxylic acids is 2. The van der Waals surface area contributed by atoms with E-state index in [2.05, 4.69) is 35.4 Å². The maximum atomic E-state index is 12.2. The molecule has 25 heavy (non-hydrogen) atoms. The van der Waals surface area contributed by atoms with Gasteiger partial charge in [0.25, 0.3) is 0 Å². The van der Waals surface area contributed by atoms with E-state index in [0.29, 0.717) is 25.6 Å². The molecule has 2 heterocycles. The number of nitrogens with one attached hydrogen (secondary N) is 2. The summed E-state index contributed by atoms with van der Waals surface area (Å²) < 4.78 is 5.69. The van der Waals surface area contributed by atoms with Gasteiger partial charge in [0.2, 0.25) is 5.91 Å². The predicted molar refractivity (Wildman–Crippen MR) is 99.6 cm³/mol. The summed E-state index contributed by atoms with van der Waals surface area (Å²) in [7, 11) is 0. The van der Waals surface area contributed by atoms with Gasteiger partial charge in [0.1, 0.15) is 0 Å². The van der Waals surface area contributed by atoms with E-state index >= 15 is 0 Å². The molecule has 0 unspecified atom stereocenters. The van der Waals surface area contributed by atoms with Crippen molar-refractivity contribution < 1.29 is 14.3 Å². The van der Waals surface area contributed by atoms with Crippen molar-refractivity contribution in [3.05, 3.63) is 22.4 Å². The number of carbonyl (C=O) groups is 2. The number of rotatable bonds is 9. The largest absolute Gasteiger partial charge is 0.377 e. The molecule has 2 rings (SSSR count). The molecule has 0 spiro atoms. The van der Waals surface area contributed by atoms with Gasteiger partial charge in [-0.25, -0.2) is 4.79 Å². The molecule has 1 saturated heterocycles. The number of nitrogens with zero attached hydrogens (tertiary/aromatic N) is 1. The number of imide groups is 1. The maximum absolute atomic E-state index is 12.2. The summed E-state index contributed by atoms with van der Waals surface area (Å²) in [5.41, 5.74) is 0. The smallest absolute Gasteiger partial charge is 0.321 e. The lowest BCUT2D eigenvalue weighted by molar-refractivity contribution is -0.121. The highest BCUT2D eigenvalue weighted by Crippen LogP contribution is 2.17. The van der Waals surface area contributed by atoms with Gasteiger partial charge in [0, 0.05) is 31.1 Å². The Bertz CT molecular complexity index is 528. The Labute approximate surface area is 153 Å². The summed E-state index contributed by atoms with van der Waals surface area (Å²) in [4.78, 5) is 27.3. The maximum Gasteiger partial charge on any atom is 0.321 e. The van der Waals surface area contributed by atoms with Crippen molar-refractivity contribution in [1.29, 1.82) is 0 Å². The summed E-state index contributed by atoms with van der Waals surface area (Å²) in [6.45, 7) is 7.15. The van der Waals surface area contributed by atoms with Crippen LogP contribution in [0.1, 0.15) is 38.0 Å². The van der Waals surface area contributed by atoms with Crippen molar-refractivity contribution in [3.63, 3.8) is 0 Å². The van der Waals surface area contributed by atoms with Crippen LogP contribution in [-0.2, 0) is 16.1 Å². The Balaban J connectivity index is 1.79. The summed E-state index contributed by atoms with van der Waals surface area (Å²) >= 11 is 1.67. The molecule has 1 aromatic rings. The van der Waals surface area contributed by atoms with Crippen LogP contribution in [0.4, 0.5) is 4.79 Å². The van der Waals surface area contributed by atoms with E-state index in [9.17, 15) is 9.59 Å². The summed E-state index contributed by atoms with van der Waals surface area (Å²) in [5.74, 6) is 0.236. The Morgan fingerprint density at radius 3 is 2.92 bits per heavy atom. The van der Waals surface area contributed by atoms with Crippen LogP contribution in [0.2, 0.25) is 0 Å². The van der Waals surface area contributed by atoms with Crippen molar-refractivity contribution in [3.8, 4) is 0 Å². The highest BCUT2D eigenvalue weighted by atomic mass is 32.1. The number of ether oxygens (including phenoxy) is 1. The highest BCUT2D eigenvalue weighted by molar-refractivity contribution is 7.09. The van der Waals surface area contributed by atoms with Gasteiger partial charge in [-0.2, -0.15) is 0 Å². The molecule has 1 aliphatic rings. The number of hydrogen-bond donors (Lipinski definition) is 2. The van der Waals surface area contributed by atoms with Gasteiger partial charge < -0.3 is 10.1 Å². The zero-order chi connectivity index (χ0) is 18.1. The van der Waals surface area contributed by atoms with Gasteiger partial charge in [0.15, 0.2) is 0 Å². The molecule has 0 saturated carbocycles. The van der Waals surface area contributed by atoms with Gasteiger partial charge in [-0.1, -0.05) is 19.9 Å². The average molecular weight is 368 g/mol. The second kappa shape index (κ2) is 10.5. The molecule has 0 aliphatic carbocycles. The van der Waals surface area contributed by atoms with Crippen molar-refractivity contribution >= 4 is 23.3 Å². The molecule has 1 aliphatic heterocycles. The van der Waals surface area contributed by atoms with Gasteiger partial charge in [-0.3, -0.25) is 15.0 Å². The fourth-order valence-electron chi connectivity index (χ4n) is 2.77. The second-order valence-corrected chi connectivity index (χ2v) is 7.90. The van der Waals surface area contributed by atoms with Crippen LogP contribution in [0.5, 0.6) is 0 Å². The molecule has 1 fully saturated rings. The topological polar surface area (TPSA) is 70.7 Å². The van der Waals surface area contributed by atoms with E-state index in [1.54, 1.807) is 11.3 Å². The normalized spacial score (nSPS) is 17.2. The molecule has 0 bridgehead atoms. The molecular formula is C18H29N3O3S. The van der Waals surface area contributed by atoms with Crippen molar-refractivity contribution in [2.45, 2.75) is 45.8 Å². The first kappa shape index (κ1) is 19.9. The van der Waals surface area contributed by atoms with E-state index in [1.807, 2.05) is 11.4 Å². The van der Waals surface area contributed by atoms with E-state index < -0.39 is 6.03 Å². The Morgan fingerprint density at radius 1 is 1.44 bits per heavy atom. The highest BCUT2D eigenvalue weighted by Gasteiger charge is 2.22. The average Bonchev–Trinajstić information content (AvgIpc) is 3.20. The van der Waals surface area contributed by atoms with Gasteiger partial charge in [0.05, 0.1) is 12.6 Å². The van der Waals surface area contributed by atoms with Crippen LogP contribution in [0, 0.1) is 5.92 Å². The minimum Gasteiger partial charge on any atom is -0.377 e. The molecule has 140 valence electrons. The van der Waals surface area contributed by atoms with Gasteiger partial charge >= 0.3 is 6.03 Å². The SMILES string of the molecule is CC(C)CCNC(=O)NC(=O)CN(Cc1cccs1)C[C@@H]1CCCO1. The van der Waals surface area contributed by atoms with E-state index in [1.165, 1.54) is 4.88 Å². The van der Waals surface area contributed by atoms with Crippen LogP contribution in [-0.4, -0.2) is 49.2 Å². The minimum atomic E-state index is -0.418. The summed E-state index contributed by atoms with van der Waals surface area (Å²) in [5, 5.41) is 7.17. The first-order chi connectivity index (χ1) is 12.0. The number of thiophene rings is 1. The summed E-state index contributed by atoms with van der Waals surface area (Å²) in [6.07, 6.45) is 3.17. The monoisotopic (exact) mass is 367 g/mol. The van der Waals surface area contributed by atoms with E-state index in [4.69, 9.17) is 4.74 Å². The standard InChI is InChI=1S/C18H29N3O3S/c1-14(2)7-8-19-18(23)20-17(22)13-21(11-15-5-3-9-24-15)12-16-6-4-10-25-16/h4,6,10,14-15H,3,5,7-9,11-13H2,1-2H3,(H2,19,20,22,23)/t15-/m0/s1. The third-order valence-corrected chi connectivity index (χ3v) is 4.93. The second-order valence-electron chi connectivity index (χ2n) is 6.87.